The fourth-order valence-corrected chi connectivity index (χ4v) is 0.683. The van der Waals surface area contributed by atoms with Crippen molar-refractivity contribution >= 4 is 5.91 Å². The number of carbonyl (C=O) groups excluding carboxylic acids is 1. The first-order valence-electron chi connectivity index (χ1n) is 4.26. The van der Waals surface area contributed by atoms with Gasteiger partial charge in [0.2, 0.25) is 5.91 Å². The van der Waals surface area contributed by atoms with Gasteiger partial charge in [-0.3, -0.25) is 4.79 Å². The van der Waals surface area contributed by atoms with E-state index in [1.54, 1.807) is 7.11 Å². The Bertz CT molecular complexity index is 141. The topological polar surface area (TPSA) is 73.6 Å². The van der Waals surface area contributed by atoms with Crippen LogP contribution < -0.4 is 11.1 Å². The van der Waals surface area contributed by atoms with E-state index in [-0.39, 0.29) is 18.6 Å². The number of nitrogens with one attached hydrogen (secondary N) is 1. The van der Waals surface area contributed by atoms with Gasteiger partial charge in [-0.05, 0) is 6.92 Å². The molecule has 3 N–H and O–H groups in total. The lowest BCUT2D eigenvalue weighted by atomic mass is 10.3. The number of carbonyl (C=O) groups is 1. The zero-order valence-corrected chi connectivity index (χ0v) is 8.21. The lowest BCUT2D eigenvalue weighted by Crippen LogP contribution is -2.39. The maximum atomic E-state index is 11.0. The van der Waals surface area contributed by atoms with Crippen LogP contribution in [0.3, 0.4) is 0 Å². The van der Waals surface area contributed by atoms with Crippen molar-refractivity contribution in [2.45, 2.75) is 13.0 Å². The normalized spacial score (nSPS) is 12.5. The summed E-state index contributed by atoms with van der Waals surface area (Å²) >= 11 is 0. The highest BCUT2D eigenvalue weighted by Gasteiger charge is 2.04. The van der Waals surface area contributed by atoms with Gasteiger partial charge in [0, 0.05) is 19.7 Å². The summed E-state index contributed by atoms with van der Waals surface area (Å²) in [5.74, 6) is -0.144. The van der Waals surface area contributed by atoms with Crippen LogP contribution in [-0.4, -0.2) is 45.4 Å². The molecule has 0 fully saturated rings. The Balaban J connectivity index is 3.30. The fourth-order valence-electron chi connectivity index (χ4n) is 0.683. The SMILES string of the molecule is COCCOCC(=O)N[C@H](C)CN. The molecule has 0 aliphatic heterocycles. The van der Waals surface area contributed by atoms with Crippen LogP contribution in [0.2, 0.25) is 0 Å². The molecule has 0 aromatic carbocycles. The van der Waals surface area contributed by atoms with Crippen LogP contribution in [0.5, 0.6) is 0 Å². The molecular weight excluding hydrogens is 172 g/mol. The third-order valence-corrected chi connectivity index (χ3v) is 1.43. The molecule has 0 bridgehead atoms. The van der Waals surface area contributed by atoms with E-state index in [9.17, 15) is 4.79 Å². The lowest BCUT2D eigenvalue weighted by molar-refractivity contribution is -0.126. The number of rotatable bonds is 7. The summed E-state index contributed by atoms with van der Waals surface area (Å²) in [5.41, 5.74) is 5.32. The monoisotopic (exact) mass is 190 g/mol. The summed E-state index contributed by atoms with van der Waals surface area (Å²) in [4.78, 5) is 11.0. The van der Waals surface area contributed by atoms with Crippen molar-refractivity contribution in [2.75, 3.05) is 33.5 Å². The van der Waals surface area contributed by atoms with Gasteiger partial charge in [0.25, 0.3) is 0 Å². The van der Waals surface area contributed by atoms with Gasteiger partial charge in [-0.1, -0.05) is 0 Å². The molecule has 0 unspecified atom stereocenters. The Hall–Kier alpha value is -0.650. The first kappa shape index (κ1) is 12.3. The van der Waals surface area contributed by atoms with Crippen LogP contribution in [0.4, 0.5) is 0 Å². The highest BCUT2D eigenvalue weighted by atomic mass is 16.5. The summed E-state index contributed by atoms with van der Waals surface area (Å²) in [5, 5.41) is 2.68. The van der Waals surface area contributed by atoms with Gasteiger partial charge in [0.15, 0.2) is 0 Å². The smallest absolute Gasteiger partial charge is 0.246 e. The molecule has 78 valence electrons. The Morgan fingerprint density at radius 3 is 2.77 bits per heavy atom. The Morgan fingerprint density at radius 1 is 1.54 bits per heavy atom. The van der Waals surface area contributed by atoms with E-state index < -0.39 is 0 Å². The molecule has 0 aliphatic rings. The van der Waals surface area contributed by atoms with E-state index in [0.29, 0.717) is 19.8 Å². The highest BCUT2D eigenvalue weighted by Crippen LogP contribution is 1.80. The molecule has 0 rings (SSSR count). The minimum Gasteiger partial charge on any atom is -0.382 e. The molecule has 0 radical (unpaired) electrons. The molecular formula is C8H18N2O3. The van der Waals surface area contributed by atoms with E-state index in [0.717, 1.165) is 0 Å². The van der Waals surface area contributed by atoms with Crippen molar-refractivity contribution in [1.82, 2.24) is 5.32 Å². The quantitative estimate of drug-likeness (QED) is 0.511. The van der Waals surface area contributed by atoms with Crippen LogP contribution in [0.15, 0.2) is 0 Å². The summed E-state index contributed by atoms with van der Waals surface area (Å²) < 4.78 is 9.75. The first-order valence-corrected chi connectivity index (χ1v) is 4.26. The molecule has 1 atom stereocenters. The van der Waals surface area contributed by atoms with Crippen LogP contribution in [-0.2, 0) is 14.3 Å². The van der Waals surface area contributed by atoms with Crippen LogP contribution in [0, 0.1) is 0 Å². The lowest BCUT2D eigenvalue weighted by Gasteiger charge is -2.10. The molecule has 5 heteroatoms. The minimum absolute atomic E-state index is 0.00137. The van der Waals surface area contributed by atoms with E-state index in [2.05, 4.69) is 5.32 Å². The molecule has 0 aliphatic carbocycles. The number of amides is 1. The van der Waals surface area contributed by atoms with Gasteiger partial charge in [-0.15, -0.1) is 0 Å². The summed E-state index contributed by atoms with van der Waals surface area (Å²) in [7, 11) is 1.58. The molecule has 0 saturated carbocycles. The van der Waals surface area contributed by atoms with Crippen molar-refractivity contribution < 1.29 is 14.3 Å². The molecule has 5 nitrogen and oxygen atoms in total. The average Bonchev–Trinajstić information content (AvgIpc) is 2.12. The van der Waals surface area contributed by atoms with Crippen molar-refractivity contribution in [1.29, 1.82) is 0 Å². The summed E-state index contributed by atoms with van der Waals surface area (Å²) in [6, 6.07) is -0.00137. The zero-order valence-electron chi connectivity index (χ0n) is 8.21. The second-order valence-electron chi connectivity index (χ2n) is 2.75. The maximum Gasteiger partial charge on any atom is 0.246 e. The second-order valence-corrected chi connectivity index (χ2v) is 2.75. The maximum absolute atomic E-state index is 11.0. The van der Waals surface area contributed by atoms with Crippen LogP contribution in [0.1, 0.15) is 6.92 Å². The standard InChI is InChI=1S/C8H18N2O3/c1-7(5-9)10-8(11)6-13-4-3-12-2/h7H,3-6,9H2,1-2H3,(H,10,11)/t7-/m1/s1. The highest BCUT2D eigenvalue weighted by molar-refractivity contribution is 5.77. The first-order chi connectivity index (χ1) is 6.20. The number of nitrogens with two attached hydrogens (primary N) is 1. The second kappa shape index (κ2) is 7.97. The van der Waals surface area contributed by atoms with Crippen molar-refractivity contribution in [2.24, 2.45) is 5.73 Å². The van der Waals surface area contributed by atoms with Crippen molar-refractivity contribution in [3.05, 3.63) is 0 Å². The molecule has 0 aromatic rings. The van der Waals surface area contributed by atoms with Crippen molar-refractivity contribution in [3.8, 4) is 0 Å². The molecule has 1 amide bonds. The molecule has 0 saturated heterocycles. The van der Waals surface area contributed by atoms with Gasteiger partial charge in [0.1, 0.15) is 6.61 Å². The largest absolute Gasteiger partial charge is 0.382 e. The van der Waals surface area contributed by atoms with Crippen LogP contribution in [0.25, 0.3) is 0 Å². The Kier molecular flexibility index (Phi) is 7.57. The molecule has 0 spiro atoms. The van der Waals surface area contributed by atoms with Gasteiger partial charge in [-0.25, -0.2) is 0 Å². The van der Waals surface area contributed by atoms with Gasteiger partial charge in [-0.2, -0.15) is 0 Å². The number of ether oxygens (including phenoxy) is 2. The predicted molar refractivity (Wildman–Crippen MR) is 49.4 cm³/mol. The zero-order chi connectivity index (χ0) is 10.1. The number of methoxy groups -OCH3 is 1. The fraction of sp³-hybridized carbons (Fsp3) is 0.875. The average molecular weight is 190 g/mol. The van der Waals surface area contributed by atoms with E-state index in [1.807, 2.05) is 6.92 Å². The molecule has 13 heavy (non-hydrogen) atoms. The molecule has 0 heterocycles. The summed E-state index contributed by atoms with van der Waals surface area (Å²) in [6.45, 7) is 3.27. The Morgan fingerprint density at radius 2 is 2.23 bits per heavy atom. The number of hydrogen-bond acceptors (Lipinski definition) is 4. The van der Waals surface area contributed by atoms with Gasteiger partial charge >= 0.3 is 0 Å². The predicted octanol–water partition coefficient (Wildman–Crippen LogP) is -0.887. The van der Waals surface area contributed by atoms with E-state index >= 15 is 0 Å². The number of hydrogen-bond donors (Lipinski definition) is 2. The third-order valence-electron chi connectivity index (χ3n) is 1.43. The van der Waals surface area contributed by atoms with E-state index in [1.165, 1.54) is 0 Å². The Labute approximate surface area is 78.6 Å². The third kappa shape index (κ3) is 7.70. The van der Waals surface area contributed by atoms with E-state index in [4.69, 9.17) is 15.2 Å². The van der Waals surface area contributed by atoms with Crippen molar-refractivity contribution in [3.63, 3.8) is 0 Å². The van der Waals surface area contributed by atoms with Crippen LogP contribution >= 0.6 is 0 Å². The minimum atomic E-state index is -0.144. The molecule has 0 aromatic heterocycles. The summed E-state index contributed by atoms with van der Waals surface area (Å²) in [6.07, 6.45) is 0. The van der Waals surface area contributed by atoms with Gasteiger partial charge < -0.3 is 20.5 Å². The van der Waals surface area contributed by atoms with Gasteiger partial charge in [0.05, 0.1) is 13.2 Å².